The second-order valence-electron chi connectivity index (χ2n) is 21.6. The third-order valence-corrected chi connectivity index (χ3v) is 15.7. The van der Waals surface area contributed by atoms with Crippen LogP contribution in [0.2, 0.25) is 0 Å². The molecular weight excluding hydrogens is 999 g/mol. The van der Waals surface area contributed by atoms with E-state index in [4.69, 9.17) is 9.47 Å². The van der Waals surface area contributed by atoms with Crippen LogP contribution in [0.25, 0.3) is 10.4 Å². The van der Waals surface area contributed by atoms with Crippen LogP contribution in [0.5, 0.6) is 0 Å². The zero-order valence-electron chi connectivity index (χ0n) is 45.1. The molecule has 410 valence electrons. The number of anilines is 1. The van der Waals surface area contributed by atoms with E-state index in [1.54, 1.807) is 42.5 Å². The summed E-state index contributed by atoms with van der Waals surface area (Å²) in [4.78, 5) is 90.1. The van der Waals surface area contributed by atoms with Crippen molar-refractivity contribution in [2.75, 3.05) is 58.9 Å². The van der Waals surface area contributed by atoms with Gasteiger partial charge in [-0.1, -0.05) is 69.3 Å². The number of hydrogen-bond donors (Lipinski definition) is 5. The fourth-order valence-electron chi connectivity index (χ4n) is 10.3. The van der Waals surface area contributed by atoms with Crippen LogP contribution in [-0.2, 0) is 60.4 Å². The number of benzene rings is 3. The molecule has 0 unspecified atom stereocenters. The smallest absolute Gasteiger partial charge is 0.268 e. The number of carbonyl (C=O) groups excluding carboxylic acids is 6. The van der Waals surface area contributed by atoms with E-state index in [-0.39, 0.29) is 87.9 Å². The second-order valence-corrected chi connectivity index (χ2v) is 22.4. The van der Waals surface area contributed by atoms with Gasteiger partial charge in [0, 0.05) is 83.2 Å². The van der Waals surface area contributed by atoms with E-state index in [1.165, 1.54) is 10.6 Å². The summed E-state index contributed by atoms with van der Waals surface area (Å²) in [6.07, 6.45) is 2.51. The molecule has 2 aliphatic heterocycles. The van der Waals surface area contributed by atoms with Crippen molar-refractivity contribution in [1.82, 2.24) is 40.2 Å². The Morgan fingerprint density at radius 1 is 0.805 bits per heavy atom. The van der Waals surface area contributed by atoms with Crippen LogP contribution < -0.4 is 21.3 Å². The lowest BCUT2D eigenvalue weighted by Gasteiger charge is -2.53. The lowest BCUT2D eigenvalue weighted by Crippen LogP contribution is -2.57. The van der Waals surface area contributed by atoms with E-state index in [1.807, 2.05) is 99.9 Å². The fraction of sp³-hybridized carbons (Fsp3) is 0.466. The maximum Gasteiger partial charge on any atom is 0.268 e. The number of nitrogens with zero attached hydrogens (tertiary/aromatic N) is 5. The fourth-order valence-corrected chi connectivity index (χ4v) is 11.1. The standard InChI is InChI=1S/C58H73N9O9S/c1-38-51(77-37-61-38)42-14-8-39(9-15-42)33-60-54(72)47-32-45(68)36-67(47)56(74)52(57(2,3)4)63-50(70)23-29-76-31-30-75-28-22-49(69)62-44-18-12-40(13-19-44)34-59-53(71)46-20-21-48-58(24-7-25-58)65(26-27-66(46)48)35-41-10-16-43(17-11-41)55(73)64(5)6/h8-21,37,45,47,52,68H,7,22-36H2,1-6H3,(H,59,71)(H,60,72)(H,62,69)(H,63,70)/t45-,47+,52-/m1/s1. The van der Waals surface area contributed by atoms with Gasteiger partial charge in [0.2, 0.25) is 23.6 Å². The number of aromatic nitrogens is 2. The van der Waals surface area contributed by atoms with Crippen molar-refractivity contribution in [3.8, 4) is 10.4 Å². The molecule has 19 heteroatoms. The first-order valence-corrected chi connectivity index (χ1v) is 27.4. The molecular formula is C58H73N9O9S. The Bertz CT molecular complexity index is 2870. The highest BCUT2D eigenvalue weighted by molar-refractivity contribution is 7.13. The Morgan fingerprint density at radius 3 is 2.05 bits per heavy atom. The number of aryl methyl sites for hydroxylation is 1. The molecule has 77 heavy (non-hydrogen) atoms. The van der Waals surface area contributed by atoms with Crippen molar-refractivity contribution >= 4 is 52.5 Å². The normalized spacial score (nSPS) is 17.3. The molecule has 2 aromatic heterocycles. The lowest BCUT2D eigenvalue weighted by molar-refractivity contribution is -0.144. The van der Waals surface area contributed by atoms with E-state index in [2.05, 4.69) is 41.8 Å². The number of amides is 6. The molecule has 3 aromatic carbocycles. The van der Waals surface area contributed by atoms with Crippen LogP contribution >= 0.6 is 11.3 Å². The second kappa shape index (κ2) is 25.1. The number of likely N-dealkylation sites (tertiary alicyclic amines) is 1. The van der Waals surface area contributed by atoms with Crippen LogP contribution in [0.15, 0.2) is 90.4 Å². The van der Waals surface area contributed by atoms with E-state index < -0.39 is 35.4 Å². The van der Waals surface area contributed by atoms with Gasteiger partial charge in [-0.3, -0.25) is 33.7 Å². The van der Waals surface area contributed by atoms with Gasteiger partial charge in [0.25, 0.3) is 11.8 Å². The molecule has 1 aliphatic carbocycles. The zero-order valence-corrected chi connectivity index (χ0v) is 45.9. The van der Waals surface area contributed by atoms with Crippen LogP contribution in [0, 0.1) is 12.3 Å². The summed E-state index contributed by atoms with van der Waals surface area (Å²) >= 11 is 1.57. The van der Waals surface area contributed by atoms with Crippen molar-refractivity contribution < 1.29 is 43.3 Å². The molecule has 1 saturated heterocycles. The third-order valence-electron chi connectivity index (χ3n) is 14.8. The first-order valence-electron chi connectivity index (χ1n) is 26.5. The molecule has 4 heterocycles. The highest BCUT2D eigenvalue weighted by Gasteiger charge is 2.49. The van der Waals surface area contributed by atoms with E-state index in [0.717, 1.165) is 65.2 Å². The monoisotopic (exact) mass is 1070 g/mol. The van der Waals surface area contributed by atoms with Crippen LogP contribution in [-0.4, -0.2) is 137 Å². The van der Waals surface area contributed by atoms with Gasteiger partial charge in [0.15, 0.2) is 0 Å². The number of aliphatic hydroxyl groups excluding tert-OH is 1. The summed E-state index contributed by atoms with van der Waals surface area (Å²) in [5.41, 5.74) is 9.04. The molecule has 0 radical (unpaired) electrons. The summed E-state index contributed by atoms with van der Waals surface area (Å²) in [5, 5.41) is 22.3. The van der Waals surface area contributed by atoms with E-state index in [9.17, 15) is 33.9 Å². The number of rotatable bonds is 22. The van der Waals surface area contributed by atoms with Crippen molar-refractivity contribution in [3.63, 3.8) is 0 Å². The highest BCUT2D eigenvalue weighted by atomic mass is 32.1. The van der Waals surface area contributed by atoms with E-state index in [0.29, 0.717) is 30.0 Å². The average molecular weight is 1070 g/mol. The Balaban J connectivity index is 0.700. The molecule has 1 spiro atoms. The molecule has 5 N–H and O–H groups in total. The first kappa shape index (κ1) is 56.4. The number of thiazole rings is 1. The summed E-state index contributed by atoms with van der Waals surface area (Å²) in [6, 6.07) is 25.2. The average Bonchev–Trinajstić information content (AvgIpc) is 4.33. The molecule has 3 atom stereocenters. The number of hydrogen-bond acceptors (Lipinski definition) is 12. The zero-order chi connectivity index (χ0) is 54.9. The predicted molar refractivity (Wildman–Crippen MR) is 294 cm³/mol. The van der Waals surface area contributed by atoms with Crippen LogP contribution in [0.4, 0.5) is 5.69 Å². The molecule has 1 saturated carbocycles. The number of β-amino-alcohol motifs (C(OH)–C–C–N with tert-alkyl or cyclic N) is 1. The van der Waals surface area contributed by atoms with Crippen LogP contribution in [0.1, 0.15) is 108 Å². The maximum atomic E-state index is 14.0. The van der Waals surface area contributed by atoms with Gasteiger partial charge >= 0.3 is 0 Å². The van der Waals surface area contributed by atoms with Crippen molar-refractivity contribution in [3.05, 3.63) is 130 Å². The summed E-state index contributed by atoms with van der Waals surface area (Å²) in [5.74, 6) is -1.59. The van der Waals surface area contributed by atoms with Gasteiger partial charge in [-0.05, 0) is 90.3 Å². The number of carbonyl (C=O) groups is 6. The van der Waals surface area contributed by atoms with Crippen molar-refractivity contribution in [1.29, 1.82) is 0 Å². The van der Waals surface area contributed by atoms with Gasteiger partial charge < -0.3 is 50.2 Å². The van der Waals surface area contributed by atoms with Gasteiger partial charge in [-0.15, -0.1) is 11.3 Å². The Hall–Kier alpha value is -6.77. The maximum absolute atomic E-state index is 14.0. The minimum absolute atomic E-state index is 0.0152. The lowest BCUT2D eigenvalue weighted by atomic mass is 9.71. The van der Waals surface area contributed by atoms with Crippen LogP contribution in [0.3, 0.4) is 0 Å². The summed E-state index contributed by atoms with van der Waals surface area (Å²) in [7, 11) is 3.51. The number of fused-ring (bicyclic) bond motifs is 2. The molecule has 8 rings (SSSR count). The SMILES string of the molecule is Cc1ncsc1-c1ccc(CNC(=O)[C@@H]2C[C@@H](O)CN2C(=O)[C@@H](NC(=O)CCOCCOCCC(=O)Nc2ccc(CNC(=O)c3ccc4n3CCN(Cc3ccc(C(=O)N(C)C)cc3)C43CCC3)cc2)C(C)(C)C)cc1. The quantitative estimate of drug-likeness (QED) is 0.0506. The molecule has 2 fully saturated rings. The van der Waals surface area contributed by atoms with Gasteiger partial charge in [0.05, 0.1) is 60.6 Å². The predicted octanol–water partition coefficient (Wildman–Crippen LogP) is 6.01. The molecule has 18 nitrogen and oxygen atoms in total. The number of nitrogens with one attached hydrogen (secondary N) is 4. The minimum atomic E-state index is -0.959. The largest absolute Gasteiger partial charge is 0.391 e. The highest BCUT2D eigenvalue weighted by Crippen LogP contribution is 2.49. The Morgan fingerprint density at radius 2 is 1.44 bits per heavy atom. The first-order chi connectivity index (χ1) is 36.9. The Labute approximate surface area is 454 Å². The Kier molecular flexibility index (Phi) is 18.4. The van der Waals surface area contributed by atoms with E-state index >= 15 is 0 Å². The number of aliphatic hydroxyl groups is 1. The van der Waals surface area contributed by atoms with Gasteiger partial charge in [-0.2, -0.15) is 0 Å². The minimum Gasteiger partial charge on any atom is -0.391 e. The molecule has 5 aromatic rings. The molecule has 3 aliphatic rings. The van der Waals surface area contributed by atoms with Crippen molar-refractivity contribution in [2.24, 2.45) is 5.41 Å². The summed E-state index contributed by atoms with van der Waals surface area (Å²) < 4.78 is 13.4. The third kappa shape index (κ3) is 13.9. The van der Waals surface area contributed by atoms with Gasteiger partial charge in [-0.25, -0.2) is 4.98 Å². The molecule has 6 amide bonds. The topological polar surface area (TPSA) is 217 Å². The van der Waals surface area contributed by atoms with Crippen molar-refractivity contribution in [2.45, 2.75) is 116 Å². The number of ether oxygens (including phenoxy) is 2. The summed E-state index contributed by atoms with van der Waals surface area (Å²) in [6.45, 7) is 10.9. The van der Waals surface area contributed by atoms with Gasteiger partial charge in [0.1, 0.15) is 17.8 Å². The molecule has 0 bridgehead atoms.